The van der Waals surface area contributed by atoms with Crippen LogP contribution in [-0.4, -0.2) is 44.1 Å². The van der Waals surface area contributed by atoms with Crippen molar-refractivity contribution in [2.24, 2.45) is 5.92 Å². The molecule has 0 aromatic carbocycles. The Kier molecular flexibility index (Phi) is 4.54. The molecule has 96 valence electrons. The van der Waals surface area contributed by atoms with E-state index in [1.807, 2.05) is 0 Å². The molecule has 17 heavy (non-hydrogen) atoms. The molecule has 0 aliphatic heterocycles. The van der Waals surface area contributed by atoms with Gasteiger partial charge >= 0.3 is 5.97 Å². The van der Waals surface area contributed by atoms with Crippen LogP contribution in [-0.2, 0) is 19.6 Å². The summed E-state index contributed by atoms with van der Waals surface area (Å²) in [5, 5.41) is -1.21. The molecule has 0 saturated heterocycles. The molecule has 0 aromatic heterocycles. The first kappa shape index (κ1) is 14.0. The van der Waals surface area contributed by atoms with Crippen LogP contribution >= 0.6 is 0 Å². The Hall–Kier alpha value is -1.06. The number of nitrogens with zero attached hydrogens (tertiary/aromatic N) is 1. The van der Waals surface area contributed by atoms with Crippen molar-refractivity contribution >= 4 is 16.0 Å². The number of terminal acetylenes is 1. The van der Waals surface area contributed by atoms with Gasteiger partial charge in [-0.3, -0.25) is 4.79 Å². The molecule has 0 N–H and O–H groups in total. The number of hydrogen-bond donors (Lipinski definition) is 0. The van der Waals surface area contributed by atoms with E-state index in [0.717, 1.165) is 12.8 Å². The highest BCUT2D eigenvalue weighted by atomic mass is 32.2. The zero-order valence-electron chi connectivity index (χ0n) is 10.0. The predicted molar refractivity (Wildman–Crippen MR) is 63.5 cm³/mol. The molecule has 1 aliphatic rings. The van der Waals surface area contributed by atoms with E-state index in [1.165, 1.54) is 18.3 Å². The van der Waals surface area contributed by atoms with Gasteiger partial charge in [-0.05, 0) is 25.7 Å². The molecule has 1 fully saturated rings. The Morgan fingerprint density at radius 2 is 2.18 bits per heavy atom. The molecule has 0 aromatic rings. The number of methoxy groups -OCH3 is 1. The highest BCUT2D eigenvalue weighted by Gasteiger charge is 2.37. The van der Waals surface area contributed by atoms with E-state index in [2.05, 4.69) is 10.7 Å². The van der Waals surface area contributed by atoms with Gasteiger partial charge in [0.1, 0.15) is 0 Å². The molecule has 1 unspecified atom stereocenters. The van der Waals surface area contributed by atoms with Crippen LogP contribution in [0.25, 0.3) is 0 Å². The van der Waals surface area contributed by atoms with Gasteiger partial charge in [0.2, 0.25) is 10.0 Å². The molecule has 0 spiro atoms. The standard InChI is InChI=1S/C11H17NO4S/c1-4-7-12(8-10-5-6-10)17(14,15)9(2)11(13)16-3/h1,9-10H,5-8H2,2-3H3. The van der Waals surface area contributed by atoms with Crippen molar-refractivity contribution in [1.82, 2.24) is 4.31 Å². The Morgan fingerprint density at radius 1 is 1.59 bits per heavy atom. The first-order valence-electron chi connectivity index (χ1n) is 5.43. The van der Waals surface area contributed by atoms with Gasteiger partial charge in [-0.25, -0.2) is 8.42 Å². The van der Waals surface area contributed by atoms with Crippen LogP contribution in [0.1, 0.15) is 19.8 Å². The van der Waals surface area contributed by atoms with Crippen LogP contribution in [0.3, 0.4) is 0 Å². The molecule has 0 heterocycles. The van der Waals surface area contributed by atoms with Gasteiger partial charge in [0.15, 0.2) is 5.25 Å². The lowest BCUT2D eigenvalue weighted by molar-refractivity contribution is -0.139. The van der Waals surface area contributed by atoms with Gasteiger partial charge in [-0.2, -0.15) is 4.31 Å². The van der Waals surface area contributed by atoms with Crippen LogP contribution in [0, 0.1) is 18.3 Å². The molecule has 1 aliphatic carbocycles. The van der Waals surface area contributed by atoms with Gasteiger partial charge in [0, 0.05) is 6.54 Å². The summed E-state index contributed by atoms with van der Waals surface area (Å²) in [7, 11) is -2.55. The summed E-state index contributed by atoms with van der Waals surface area (Å²) >= 11 is 0. The number of sulfonamides is 1. The van der Waals surface area contributed by atoms with E-state index in [0.29, 0.717) is 12.5 Å². The SMILES string of the molecule is C#CCN(CC1CC1)S(=O)(=O)C(C)C(=O)OC. The third-order valence-corrected chi connectivity index (χ3v) is 4.85. The minimum absolute atomic E-state index is 0.000166. The molecule has 0 amide bonds. The molecule has 6 heteroatoms. The first-order chi connectivity index (χ1) is 7.93. The van der Waals surface area contributed by atoms with Crippen molar-refractivity contribution in [2.75, 3.05) is 20.2 Å². The molecule has 0 bridgehead atoms. The third-order valence-electron chi connectivity index (χ3n) is 2.77. The van der Waals surface area contributed by atoms with Crippen LogP contribution in [0.4, 0.5) is 0 Å². The molecule has 1 saturated carbocycles. The van der Waals surface area contributed by atoms with E-state index < -0.39 is 21.2 Å². The monoisotopic (exact) mass is 259 g/mol. The average Bonchev–Trinajstić information content (AvgIpc) is 3.10. The lowest BCUT2D eigenvalue weighted by Crippen LogP contribution is -2.42. The quantitative estimate of drug-likeness (QED) is 0.506. The Morgan fingerprint density at radius 3 is 2.59 bits per heavy atom. The largest absolute Gasteiger partial charge is 0.468 e. The van der Waals surface area contributed by atoms with Crippen LogP contribution in [0.2, 0.25) is 0 Å². The lowest BCUT2D eigenvalue weighted by atomic mass is 10.4. The van der Waals surface area contributed by atoms with Crippen molar-refractivity contribution in [2.45, 2.75) is 25.0 Å². The first-order valence-corrected chi connectivity index (χ1v) is 6.94. The third kappa shape index (κ3) is 3.45. The van der Waals surface area contributed by atoms with Crippen molar-refractivity contribution in [1.29, 1.82) is 0 Å². The average molecular weight is 259 g/mol. The topological polar surface area (TPSA) is 63.7 Å². The smallest absolute Gasteiger partial charge is 0.325 e. The number of carbonyl (C=O) groups excluding carboxylic acids is 1. The second kappa shape index (κ2) is 5.52. The normalized spacial score (nSPS) is 17.5. The number of esters is 1. The zero-order chi connectivity index (χ0) is 13.1. The Balaban J connectivity index is 2.82. The molecular weight excluding hydrogens is 242 g/mol. The highest BCUT2D eigenvalue weighted by molar-refractivity contribution is 7.90. The summed E-state index contributed by atoms with van der Waals surface area (Å²) in [6.45, 7) is 1.71. The van der Waals surface area contributed by atoms with Crippen molar-refractivity contribution < 1.29 is 17.9 Å². The van der Waals surface area contributed by atoms with E-state index in [4.69, 9.17) is 6.42 Å². The van der Waals surface area contributed by atoms with Crippen molar-refractivity contribution in [3.05, 3.63) is 0 Å². The number of ether oxygens (including phenoxy) is 1. The highest BCUT2D eigenvalue weighted by Crippen LogP contribution is 2.31. The second-order valence-electron chi connectivity index (χ2n) is 4.15. The fourth-order valence-corrected chi connectivity index (χ4v) is 2.92. The maximum Gasteiger partial charge on any atom is 0.325 e. The molecule has 1 atom stereocenters. The summed E-state index contributed by atoms with van der Waals surface area (Å²) in [5.74, 6) is 1.93. The molecular formula is C11H17NO4S. The van der Waals surface area contributed by atoms with E-state index in [1.54, 1.807) is 0 Å². The lowest BCUT2D eigenvalue weighted by Gasteiger charge is -2.22. The molecule has 0 radical (unpaired) electrons. The summed E-state index contributed by atoms with van der Waals surface area (Å²) in [6.07, 6.45) is 7.19. The molecule has 5 nitrogen and oxygen atoms in total. The second-order valence-corrected chi connectivity index (χ2v) is 6.40. The van der Waals surface area contributed by atoms with Crippen LogP contribution < -0.4 is 0 Å². The van der Waals surface area contributed by atoms with Crippen LogP contribution in [0.15, 0.2) is 0 Å². The van der Waals surface area contributed by atoms with E-state index in [9.17, 15) is 13.2 Å². The number of carbonyl (C=O) groups is 1. The Labute approximate surface area is 102 Å². The summed E-state index contributed by atoms with van der Waals surface area (Å²) in [6, 6.07) is 0. The van der Waals surface area contributed by atoms with E-state index >= 15 is 0 Å². The number of rotatable bonds is 6. The fraction of sp³-hybridized carbons (Fsp3) is 0.727. The number of hydrogen-bond acceptors (Lipinski definition) is 4. The van der Waals surface area contributed by atoms with Crippen molar-refractivity contribution in [3.8, 4) is 12.3 Å². The van der Waals surface area contributed by atoms with Gasteiger partial charge in [-0.15, -0.1) is 6.42 Å². The minimum atomic E-state index is -3.71. The summed E-state index contributed by atoms with van der Waals surface area (Å²) < 4.78 is 29.9. The maximum absolute atomic E-state index is 12.1. The summed E-state index contributed by atoms with van der Waals surface area (Å²) in [5.41, 5.74) is 0. The van der Waals surface area contributed by atoms with Crippen LogP contribution in [0.5, 0.6) is 0 Å². The maximum atomic E-state index is 12.1. The van der Waals surface area contributed by atoms with Gasteiger partial charge < -0.3 is 4.74 Å². The van der Waals surface area contributed by atoms with E-state index in [-0.39, 0.29) is 6.54 Å². The minimum Gasteiger partial charge on any atom is -0.468 e. The molecule has 1 rings (SSSR count). The fourth-order valence-electron chi connectivity index (χ4n) is 1.46. The van der Waals surface area contributed by atoms with Crippen molar-refractivity contribution in [3.63, 3.8) is 0 Å². The van der Waals surface area contributed by atoms with Gasteiger partial charge in [-0.1, -0.05) is 5.92 Å². The van der Waals surface area contributed by atoms with Gasteiger partial charge in [0.05, 0.1) is 13.7 Å². The zero-order valence-corrected chi connectivity index (χ0v) is 10.9. The summed E-state index contributed by atoms with van der Waals surface area (Å²) in [4.78, 5) is 11.3. The Bertz CT molecular complexity index is 419. The van der Waals surface area contributed by atoms with Gasteiger partial charge in [0.25, 0.3) is 0 Å². The predicted octanol–water partition coefficient (Wildman–Crippen LogP) is 0.223.